The highest BCUT2D eigenvalue weighted by Gasteiger charge is 2.02. The zero-order chi connectivity index (χ0) is 10.4. The molecule has 1 rings (SSSR count). The van der Waals surface area contributed by atoms with Crippen LogP contribution in [0, 0.1) is 18.3 Å². The van der Waals surface area contributed by atoms with Crippen molar-refractivity contribution in [2.75, 3.05) is 7.11 Å². The fraction of sp³-hybridized carbons (Fsp3) is 0.385. The summed E-state index contributed by atoms with van der Waals surface area (Å²) in [4.78, 5) is 0. The average Bonchev–Trinajstić information content (AvgIpc) is 2.18. The summed E-state index contributed by atoms with van der Waals surface area (Å²) in [6.45, 7) is 2.17. The molecule has 0 bridgehead atoms. The van der Waals surface area contributed by atoms with E-state index in [1.165, 1.54) is 5.56 Å². The fourth-order valence-corrected chi connectivity index (χ4v) is 1.48. The van der Waals surface area contributed by atoms with Gasteiger partial charge in [0.1, 0.15) is 5.75 Å². The topological polar surface area (TPSA) is 9.23 Å². The first kappa shape index (κ1) is 10.7. The summed E-state index contributed by atoms with van der Waals surface area (Å²) in [5.74, 6) is 4.13. The second-order valence-corrected chi connectivity index (χ2v) is 3.57. The zero-order valence-corrected chi connectivity index (χ0v) is 8.79. The lowest BCUT2D eigenvalue weighted by atomic mass is 9.98. The van der Waals surface area contributed by atoms with Crippen LogP contribution < -0.4 is 4.74 Å². The minimum Gasteiger partial charge on any atom is -0.497 e. The number of ether oxygens (including phenoxy) is 1. The molecule has 1 unspecified atom stereocenters. The van der Waals surface area contributed by atoms with Gasteiger partial charge in [-0.2, -0.15) is 0 Å². The summed E-state index contributed by atoms with van der Waals surface area (Å²) in [5.41, 5.74) is 1.28. The monoisotopic (exact) mass is 188 g/mol. The molecule has 0 aliphatic heterocycles. The number of hydrogen-bond donors (Lipinski definition) is 0. The maximum absolute atomic E-state index is 5.26. The lowest BCUT2D eigenvalue weighted by molar-refractivity contribution is 0.414. The minimum absolute atomic E-state index is 0.534. The van der Waals surface area contributed by atoms with Gasteiger partial charge < -0.3 is 4.74 Å². The predicted octanol–water partition coefficient (Wildman–Crippen LogP) is 2.90. The van der Waals surface area contributed by atoms with E-state index < -0.39 is 0 Å². The van der Waals surface area contributed by atoms with Crippen LogP contribution >= 0.6 is 0 Å². The second kappa shape index (κ2) is 5.34. The van der Waals surface area contributed by atoms with Gasteiger partial charge in [-0.3, -0.25) is 0 Å². The van der Waals surface area contributed by atoms with E-state index in [1.807, 2.05) is 12.1 Å². The molecule has 74 valence electrons. The first-order valence-corrected chi connectivity index (χ1v) is 4.82. The van der Waals surface area contributed by atoms with Crippen LogP contribution in [-0.2, 0) is 6.42 Å². The van der Waals surface area contributed by atoms with Crippen LogP contribution in [0.2, 0.25) is 0 Å². The quantitative estimate of drug-likeness (QED) is 0.660. The van der Waals surface area contributed by atoms with E-state index in [-0.39, 0.29) is 0 Å². The van der Waals surface area contributed by atoms with Gasteiger partial charge in [0.2, 0.25) is 0 Å². The SMILES string of the molecule is C#CCC(C)Cc1cccc(OC)c1. The van der Waals surface area contributed by atoms with E-state index in [0.29, 0.717) is 5.92 Å². The minimum atomic E-state index is 0.534. The molecule has 1 heteroatoms. The number of rotatable bonds is 4. The highest BCUT2D eigenvalue weighted by atomic mass is 16.5. The molecule has 0 saturated carbocycles. The summed E-state index contributed by atoms with van der Waals surface area (Å²) in [5, 5.41) is 0. The number of hydrogen-bond acceptors (Lipinski definition) is 1. The molecular weight excluding hydrogens is 172 g/mol. The maximum Gasteiger partial charge on any atom is 0.119 e. The summed E-state index contributed by atoms with van der Waals surface area (Å²) < 4.78 is 5.16. The summed E-state index contributed by atoms with van der Waals surface area (Å²) >= 11 is 0. The Hall–Kier alpha value is -1.42. The summed E-state index contributed by atoms with van der Waals surface area (Å²) in [6, 6.07) is 8.13. The molecule has 0 aliphatic carbocycles. The molecule has 0 aliphatic rings. The summed E-state index contributed by atoms with van der Waals surface area (Å²) in [7, 11) is 1.68. The van der Waals surface area contributed by atoms with Crippen molar-refractivity contribution < 1.29 is 4.74 Å². The third kappa shape index (κ3) is 3.14. The first-order chi connectivity index (χ1) is 6.76. The van der Waals surface area contributed by atoms with Crippen molar-refractivity contribution in [1.82, 2.24) is 0 Å². The van der Waals surface area contributed by atoms with Crippen molar-refractivity contribution >= 4 is 0 Å². The molecule has 0 N–H and O–H groups in total. The smallest absolute Gasteiger partial charge is 0.119 e. The van der Waals surface area contributed by atoms with E-state index in [0.717, 1.165) is 18.6 Å². The van der Waals surface area contributed by atoms with Crippen LogP contribution in [-0.4, -0.2) is 7.11 Å². The molecule has 14 heavy (non-hydrogen) atoms. The average molecular weight is 188 g/mol. The Kier molecular flexibility index (Phi) is 4.07. The molecule has 0 spiro atoms. The largest absolute Gasteiger partial charge is 0.497 e. The Labute approximate surface area is 86.1 Å². The fourth-order valence-electron chi connectivity index (χ4n) is 1.48. The van der Waals surface area contributed by atoms with Gasteiger partial charge in [0.05, 0.1) is 7.11 Å². The van der Waals surface area contributed by atoms with Crippen LogP contribution in [0.5, 0.6) is 5.75 Å². The van der Waals surface area contributed by atoms with E-state index in [2.05, 4.69) is 25.0 Å². The normalized spacial score (nSPS) is 11.8. The lowest BCUT2D eigenvalue weighted by Gasteiger charge is -2.08. The van der Waals surface area contributed by atoms with Crippen LogP contribution in [0.3, 0.4) is 0 Å². The molecule has 0 aromatic heterocycles. The van der Waals surface area contributed by atoms with Crippen molar-refractivity contribution in [2.45, 2.75) is 19.8 Å². The number of terminal acetylenes is 1. The van der Waals surface area contributed by atoms with Crippen molar-refractivity contribution in [1.29, 1.82) is 0 Å². The zero-order valence-electron chi connectivity index (χ0n) is 8.79. The van der Waals surface area contributed by atoms with Gasteiger partial charge in [-0.25, -0.2) is 0 Å². The molecule has 0 radical (unpaired) electrons. The summed E-state index contributed by atoms with van der Waals surface area (Å²) in [6.07, 6.45) is 7.11. The first-order valence-electron chi connectivity index (χ1n) is 4.82. The predicted molar refractivity (Wildman–Crippen MR) is 59.3 cm³/mol. The van der Waals surface area contributed by atoms with Crippen molar-refractivity contribution in [3.05, 3.63) is 29.8 Å². The Morgan fingerprint density at radius 1 is 1.50 bits per heavy atom. The van der Waals surface area contributed by atoms with Gasteiger partial charge >= 0.3 is 0 Å². The molecule has 1 aromatic rings. The van der Waals surface area contributed by atoms with Crippen molar-refractivity contribution in [2.24, 2.45) is 5.92 Å². The van der Waals surface area contributed by atoms with Crippen LogP contribution in [0.15, 0.2) is 24.3 Å². The third-order valence-corrected chi connectivity index (χ3v) is 2.18. The van der Waals surface area contributed by atoms with E-state index in [9.17, 15) is 0 Å². The molecule has 0 fully saturated rings. The third-order valence-electron chi connectivity index (χ3n) is 2.18. The van der Waals surface area contributed by atoms with Crippen LogP contribution in [0.4, 0.5) is 0 Å². The molecular formula is C13H16O. The van der Waals surface area contributed by atoms with Gasteiger partial charge in [-0.15, -0.1) is 12.3 Å². The Balaban J connectivity index is 2.63. The Morgan fingerprint density at radius 3 is 2.93 bits per heavy atom. The van der Waals surface area contributed by atoms with E-state index in [1.54, 1.807) is 7.11 Å². The molecule has 0 amide bonds. The van der Waals surface area contributed by atoms with E-state index >= 15 is 0 Å². The van der Waals surface area contributed by atoms with Crippen LogP contribution in [0.1, 0.15) is 18.9 Å². The highest BCUT2D eigenvalue weighted by Crippen LogP contribution is 2.16. The van der Waals surface area contributed by atoms with Gasteiger partial charge in [-0.05, 0) is 30.0 Å². The standard InChI is InChI=1S/C13H16O/c1-4-6-11(2)9-12-7-5-8-13(10-12)14-3/h1,5,7-8,10-11H,6,9H2,2-3H3. The van der Waals surface area contributed by atoms with Gasteiger partial charge in [0.15, 0.2) is 0 Å². The molecule has 0 saturated heterocycles. The van der Waals surface area contributed by atoms with Gasteiger partial charge in [0.25, 0.3) is 0 Å². The maximum atomic E-state index is 5.26. The lowest BCUT2D eigenvalue weighted by Crippen LogP contribution is -1.98. The molecule has 1 aromatic carbocycles. The van der Waals surface area contributed by atoms with Gasteiger partial charge in [0, 0.05) is 6.42 Å². The Morgan fingerprint density at radius 2 is 2.29 bits per heavy atom. The van der Waals surface area contributed by atoms with E-state index in [4.69, 9.17) is 11.2 Å². The van der Waals surface area contributed by atoms with Crippen LogP contribution in [0.25, 0.3) is 0 Å². The van der Waals surface area contributed by atoms with Gasteiger partial charge in [-0.1, -0.05) is 19.1 Å². The molecule has 1 atom stereocenters. The number of methoxy groups -OCH3 is 1. The molecule has 0 heterocycles. The highest BCUT2D eigenvalue weighted by molar-refractivity contribution is 5.28. The van der Waals surface area contributed by atoms with Crippen molar-refractivity contribution in [3.63, 3.8) is 0 Å². The molecule has 1 nitrogen and oxygen atoms in total. The van der Waals surface area contributed by atoms with Crippen molar-refractivity contribution in [3.8, 4) is 18.1 Å². The Bertz CT molecular complexity index is 322. The number of benzene rings is 1. The second-order valence-electron chi connectivity index (χ2n) is 3.57.